The number of rotatable bonds is 3. The molecule has 1 aliphatic rings. The second kappa shape index (κ2) is 4.58. The Morgan fingerprint density at radius 3 is 2.69 bits per heavy atom. The highest BCUT2D eigenvalue weighted by Gasteiger charge is 2.33. The lowest BCUT2D eigenvalue weighted by atomic mass is 9.69. The molecule has 2 N–H and O–H groups in total. The van der Waals surface area contributed by atoms with Crippen LogP contribution in [0, 0.1) is 5.41 Å². The Balaban J connectivity index is 1.98. The largest absolute Gasteiger partial charge is 0.327 e. The minimum Gasteiger partial charge on any atom is -0.327 e. The Hall–Kier alpha value is -0.830. The summed E-state index contributed by atoms with van der Waals surface area (Å²) < 4.78 is 1.85. The van der Waals surface area contributed by atoms with E-state index in [0.29, 0.717) is 5.41 Å². The van der Waals surface area contributed by atoms with Crippen molar-refractivity contribution in [3.8, 4) is 0 Å². The van der Waals surface area contributed by atoms with Crippen molar-refractivity contribution in [3.05, 3.63) is 18.0 Å². The summed E-state index contributed by atoms with van der Waals surface area (Å²) in [7, 11) is 1.96. The first-order valence-corrected chi connectivity index (χ1v) is 6.33. The second-order valence-electron chi connectivity index (χ2n) is 5.55. The van der Waals surface area contributed by atoms with Crippen molar-refractivity contribution in [1.82, 2.24) is 9.78 Å². The normalized spacial score (nSPS) is 21.9. The molecule has 1 unspecified atom stereocenters. The van der Waals surface area contributed by atoms with Crippen LogP contribution in [-0.2, 0) is 13.5 Å². The zero-order chi connectivity index (χ0) is 11.6. The lowest BCUT2D eigenvalue weighted by Crippen LogP contribution is -2.42. The number of aromatic nitrogens is 2. The van der Waals surface area contributed by atoms with E-state index in [-0.39, 0.29) is 6.04 Å². The van der Waals surface area contributed by atoms with Crippen molar-refractivity contribution in [2.24, 2.45) is 18.2 Å². The van der Waals surface area contributed by atoms with Crippen molar-refractivity contribution >= 4 is 0 Å². The fraction of sp³-hybridized carbons (Fsp3) is 0.769. The van der Waals surface area contributed by atoms with E-state index in [9.17, 15) is 0 Å². The molecule has 1 heterocycles. The van der Waals surface area contributed by atoms with Crippen LogP contribution in [-0.4, -0.2) is 15.8 Å². The molecule has 0 radical (unpaired) electrons. The molecule has 1 aliphatic carbocycles. The summed E-state index contributed by atoms with van der Waals surface area (Å²) in [4.78, 5) is 0. The van der Waals surface area contributed by atoms with Crippen LogP contribution in [0.15, 0.2) is 12.4 Å². The molecule has 1 aromatic rings. The first-order chi connectivity index (χ1) is 7.60. The van der Waals surface area contributed by atoms with Crippen LogP contribution in [0.1, 0.15) is 44.6 Å². The zero-order valence-corrected chi connectivity index (χ0v) is 10.4. The predicted molar refractivity (Wildman–Crippen MR) is 66.1 cm³/mol. The van der Waals surface area contributed by atoms with Gasteiger partial charge in [0.05, 0.1) is 6.20 Å². The van der Waals surface area contributed by atoms with Crippen LogP contribution in [0.4, 0.5) is 0 Å². The molecule has 1 aromatic heterocycles. The van der Waals surface area contributed by atoms with Gasteiger partial charge in [-0.2, -0.15) is 5.10 Å². The van der Waals surface area contributed by atoms with Gasteiger partial charge in [-0.1, -0.05) is 26.2 Å². The summed E-state index contributed by atoms with van der Waals surface area (Å²) in [6, 6.07) is 0.275. The Labute approximate surface area is 98.0 Å². The van der Waals surface area contributed by atoms with Gasteiger partial charge < -0.3 is 5.73 Å². The molecule has 2 rings (SSSR count). The lowest BCUT2D eigenvalue weighted by Gasteiger charge is -2.38. The number of hydrogen-bond donors (Lipinski definition) is 1. The molecule has 0 amide bonds. The van der Waals surface area contributed by atoms with E-state index in [4.69, 9.17) is 5.73 Å². The highest BCUT2D eigenvalue weighted by atomic mass is 15.2. The number of hydrogen-bond acceptors (Lipinski definition) is 2. The lowest BCUT2D eigenvalue weighted by molar-refractivity contribution is 0.169. The van der Waals surface area contributed by atoms with Crippen LogP contribution in [0.3, 0.4) is 0 Å². The van der Waals surface area contributed by atoms with Gasteiger partial charge in [0.1, 0.15) is 0 Å². The first-order valence-electron chi connectivity index (χ1n) is 6.33. The van der Waals surface area contributed by atoms with Crippen molar-refractivity contribution < 1.29 is 0 Å². The summed E-state index contributed by atoms with van der Waals surface area (Å²) >= 11 is 0. The summed E-state index contributed by atoms with van der Waals surface area (Å²) in [6.45, 7) is 2.35. The summed E-state index contributed by atoms with van der Waals surface area (Å²) in [6.07, 6.45) is 11.6. The second-order valence-corrected chi connectivity index (χ2v) is 5.55. The first kappa shape index (κ1) is 11.6. The zero-order valence-electron chi connectivity index (χ0n) is 10.4. The van der Waals surface area contributed by atoms with Crippen molar-refractivity contribution in [3.63, 3.8) is 0 Å². The van der Waals surface area contributed by atoms with Crippen molar-refractivity contribution in [1.29, 1.82) is 0 Å². The highest BCUT2D eigenvalue weighted by molar-refractivity contribution is 5.08. The maximum Gasteiger partial charge on any atom is 0.0522 e. The standard InChI is InChI=1S/C13H23N3/c1-13(6-4-3-5-7-13)12(14)8-11-9-15-16(2)10-11/h9-10,12H,3-8,14H2,1-2H3. The quantitative estimate of drug-likeness (QED) is 0.851. The Kier molecular flexibility index (Phi) is 3.33. The molecule has 1 fully saturated rings. The maximum absolute atomic E-state index is 6.39. The smallest absolute Gasteiger partial charge is 0.0522 e. The topological polar surface area (TPSA) is 43.8 Å². The fourth-order valence-corrected chi connectivity index (χ4v) is 2.81. The molecule has 0 aliphatic heterocycles. The minimum atomic E-state index is 0.275. The van der Waals surface area contributed by atoms with Gasteiger partial charge in [0, 0.05) is 19.3 Å². The molecule has 3 nitrogen and oxygen atoms in total. The van der Waals surface area contributed by atoms with E-state index in [2.05, 4.69) is 18.2 Å². The third-order valence-electron chi connectivity index (χ3n) is 4.10. The van der Waals surface area contributed by atoms with E-state index >= 15 is 0 Å². The van der Waals surface area contributed by atoms with Gasteiger partial charge in [0.2, 0.25) is 0 Å². The molecule has 16 heavy (non-hydrogen) atoms. The van der Waals surface area contributed by atoms with Gasteiger partial charge >= 0.3 is 0 Å². The van der Waals surface area contributed by atoms with Crippen LogP contribution in [0.5, 0.6) is 0 Å². The van der Waals surface area contributed by atoms with Crippen molar-refractivity contribution in [2.75, 3.05) is 0 Å². The molecular formula is C13H23N3. The average molecular weight is 221 g/mol. The molecule has 1 saturated carbocycles. The van der Waals surface area contributed by atoms with E-state index in [1.54, 1.807) is 0 Å². The average Bonchev–Trinajstić information content (AvgIpc) is 2.65. The summed E-state index contributed by atoms with van der Waals surface area (Å²) in [5.74, 6) is 0. The van der Waals surface area contributed by atoms with Gasteiger partial charge in [-0.15, -0.1) is 0 Å². The molecule has 3 heteroatoms. The molecule has 0 saturated heterocycles. The SMILES string of the molecule is Cn1cc(CC(N)C2(C)CCCCC2)cn1. The number of nitrogens with two attached hydrogens (primary N) is 1. The molecule has 0 aromatic carbocycles. The minimum absolute atomic E-state index is 0.275. The van der Waals surface area contributed by atoms with Gasteiger partial charge in [-0.3, -0.25) is 4.68 Å². The van der Waals surface area contributed by atoms with Crippen LogP contribution in [0.2, 0.25) is 0 Å². The molecule has 0 spiro atoms. The Bertz CT molecular complexity index is 337. The van der Waals surface area contributed by atoms with Gasteiger partial charge in [0.25, 0.3) is 0 Å². The van der Waals surface area contributed by atoms with Crippen LogP contribution in [0.25, 0.3) is 0 Å². The van der Waals surface area contributed by atoms with Crippen LogP contribution < -0.4 is 5.73 Å². The monoisotopic (exact) mass is 221 g/mol. The molecular weight excluding hydrogens is 198 g/mol. The Morgan fingerprint density at radius 2 is 2.12 bits per heavy atom. The molecule has 90 valence electrons. The van der Waals surface area contributed by atoms with E-state index < -0.39 is 0 Å². The highest BCUT2D eigenvalue weighted by Crippen LogP contribution is 2.38. The number of aryl methyl sites for hydroxylation is 1. The van der Waals surface area contributed by atoms with E-state index in [1.165, 1.54) is 37.7 Å². The summed E-state index contributed by atoms with van der Waals surface area (Å²) in [5.41, 5.74) is 7.99. The fourth-order valence-electron chi connectivity index (χ4n) is 2.81. The molecule has 1 atom stereocenters. The molecule has 0 bridgehead atoms. The third-order valence-corrected chi connectivity index (χ3v) is 4.10. The summed E-state index contributed by atoms with van der Waals surface area (Å²) in [5, 5.41) is 4.20. The van der Waals surface area contributed by atoms with Gasteiger partial charge in [0.15, 0.2) is 0 Å². The number of nitrogens with zero attached hydrogens (tertiary/aromatic N) is 2. The maximum atomic E-state index is 6.39. The van der Waals surface area contributed by atoms with Gasteiger partial charge in [-0.25, -0.2) is 0 Å². The third kappa shape index (κ3) is 2.46. The van der Waals surface area contributed by atoms with E-state index in [1.807, 2.05) is 17.9 Å². The van der Waals surface area contributed by atoms with Gasteiger partial charge in [-0.05, 0) is 30.2 Å². The predicted octanol–water partition coefficient (Wildman–Crippen LogP) is 2.26. The van der Waals surface area contributed by atoms with Crippen LogP contribution >= 0.6 is 0 Å². The van der Waals surface area contributed by atoms with Crippen molar-refractivity contribution in [2.45, 2.75) is 51.5 Å². The van der Waals surface area contributed by atoms with E-state index in [0.717, 1.165) is 6.42 Å². The Morgan fingerprint density at radius 1 is 1.44 bits per heavy atom.